The second-order valence-electron chi connectivity index (χ2n) is 7.15. The molecule has 0 aliphatic carbocycles. The smallest absolute Gasteiger partial charge is 0.277 e. The van der Waals surface area contributed by atoms with Crippen molar-refractivity contribution in [2.24, 2.45) is 0 Å². The average molecular weight is 430 g/mol. The van der Waals surface area contributed by atoms with Gasteiger partial charge in [0.05, 0.1) is 5.69 Å². The molecule has 0 fully saturated rings. The molecule has 5 rings (SSSR count). The fourth-order valence-corrected chi connectivity index (χ4v) is 3.87. The SMILES string of the molecule is CSc1ccc(-c2noc(Cn3ccn4nc(-c5ccccc5C)cc4c3=O)n2)cc1. The van der Waals surface area contributed by atoms with Gasteiger partial charge in [0.25, 0.3) is 5.56 Å². The van der Waals surface area contributed by atoms with Crippen LogP contribution < -0.4 is 5.56 Å². The van der Waals surface area contributed by atoms with Crippen LogP contribution in [-0.2, 0) is 6.54 Å². The van der Waals surface area contributed by atoms with E-state index in [0.717, 1.165) is 27.3 Å². The molecule has 0 unspecified atom stereocenters. The van der Waals surface area contributed by atoms with E-state index in [2.05, 4.69) is 15.2 Å². The molecule has 31 heavy (non-hydrogen) atoms. The molecule has 0 spiro atoms. The molecule has 0 aliphatic rings. The van der Waals surface area contributed by atoms with Crippen LogP contribution in [0.5, 0.6) is 0 Å². The molecule has 0 amide bonds. The normalized spacial score (nSPS) is 11.3. The molecular formula is C23H19N5O2S. The summed E-state index contributed by atoms with van der Waals surface area (Å²) in [6, 6.07) is 17.7. The van der Waals surface area contributed by atoms with Gasteiger partial charge in [-0.05, 0) is 49.1 Å². The lowest BCUT2D eigenvalue weighted by atomic mass is 10.1. The molecule has 7 nitrogen and oxygen atoms in total. The summed E-state index contributed by atoms with van der Waals surface area (Å²) < 4.78 is 8.54. The second-order valence-corrected chi connectivity index (χ2v) is 8.03. The Balaban J connectivity index is 1.44. The van der Waals surface area contributed by atoms with Gasteiger partial charge in [0.1, 0.15) is 12.1 Å². The summed E-state index contributed by atoms with van der Waals surface area (Å²) in [5.74, 6) is 0.872. The number of rotatable bonds is 5. The number of aryl methyl sites for hydroxylation is 1. The van der Waals surface area contributed by atoms with Crippen molar-refractivity contribution in [3.05, 3.63) is 88.8 Å². The molecule has 0 saturated carbocycles. The van der Waals surface area contributed by atoms with Crippen molar-refractivity contribution in [2.45, 2.75) is 18.4 Å². The van der Waals surface area contributed by atoms with Crippen LogP contribution in [0.1, 0.15) is 11.5 Å². The van der Waals surface area contributed by atoms with Crippen molar-refractivity contribution in [3.8, 4) is 22.6 Å². The van der Waals surface area contributed by atoms with Crippen LogP contribution >= 0.6 is 11.8 Å². The molecule has 2 aromatic carbocycles. The number of aromatic nitrogens is 5. The van der Waals surface area contributed by atoms with Crippen LogP contribution in [0, 0.1) is 6.92 Å². The largest absolute Gasteiger partial charge is 0.337 e. The summed E-state index contributed by atoms with van der Waals surface area (Å²) in [5.41, 5.74) is 4.07. The van der Waals surface area contributed by atoms with E-state index in [1.54, 1.807) is 33.2 Å². The zero-order chi connectivity index (χ0) is 21.4. The number of thioether (sulfide) groups is 1. The van der Waals surface area contributed by atoms with Crippen molar-refractivity contribution < 1.29 is 4.52 Å². The zero-order valence-corrected chi connectivity index (χ0v) is 17.8. The fourth-order valence-electron chi connectivity index (χ4n) is 3.46. The van der Waals surface area contributed by atoms with Gasteiger partial charge in [-0.25, -0.2) is 4.52 Å². The van der Waals surface area contributed by atoms with Crippen LogP contribution in [-0.4, -0.2) is 30.6 Å². The van der Waals surface area contributed by atoms with Gasteiger partial charge in [-0.15, -0.1) is 11.8 Å². The lowest BCUT2D eigenvalue weighted by Crippen LogP contribution is -2.21. The van der Waals surface area contributed by atoms with Gasteiger partial charge in [0, 0.05) is 28.4 Å². The van der Waals surface area contributed by atoms with E-state index in [0.29, 0.717) is 17.2 Å². The van der Waals surface area contributed by atoms with Crippen LogP contribution in [0.15, 0.2) is 81.2 Å². The molecule has 0 bridgehead atoms. The van der Waals surface area contributed by atoms with Gasteiger partial charge in [-0.1, -0.05) is 29.4 Å². The first-order chi connectivity index (χ1) is 15.1. The third kappa shape index (κ3) is 3.66. The minimum atomic E-state index is -0.168. The average Bonchev–Trinajstić information content (AvgIpc) is 3.44. The predicted molar refractivity (Wildman–Crippen MR) is 120 cm³/mol. The standard InChI is InChI=1S/C23H19N5O2S/c1-15-5-3-4-6-18(15)19-13-20-23(29)27(11-12-28(20)25-19)14-21-24-22(26-30-21)16-7-9-17(31-2)10-8-16/h3-13H,14H2,1-2H3. The first kappa shape index (κ1) is 19.3. The molecule has 154 valence electrons. The highest BCUT2D eigenvalue weighted by atomic mass is 32.2. The van der Waals surface area contributed by atoms with Crippen molar-refractivity contribution in [3.63, 3.8) is 0 Å². The molecule has 8 heteroatoms. The molecule has 0 saturated heterocycles. The van der Waals surface area contributed by atoms with Crippen LogP contribution in [0.3, 0.4) is 0 Å². The first-order valence-corrected chi connectivity index (χ1v) is 11.0. The highest BCUT2D eigenvalue weighted by Crippen LogP contribution is 2.23. The van der Waals surface area contributed by atoms with Crippen LogP contribution in [0.4, 0.5) is 0 Å². The Labute approximate surface area is 182 Å². The summed E-state index contributed by atoms with van der Waals surface area (Å²) in [6.45, 7) is 2.22. The Hall–Kier alpha value is -3.65. The number of hydrogen-bond acceptors (Lipinski definition) is 6. The van der Waals surface area contributed by atoms with E-state index in [-0.39, 0.29) is 12.1 Å². The molecule has 3 heterocycles. The zero-order valence-electron chi connectivity index (χ0n) is 17.0. The van der Waals surface area contributed by atoms with Crippen molar-refractivity contribution in [1.29, 1.82) is 0 Å². The van der Waals surface area contributed by atoms with E-state index in [1.807, 2.05) is 67.8 Å². The molecule has 5 aromatic rings. The molecular weight excluding hydrogens is 410 g/mol. The van der Waals surface area contributed by atoms with Gasteiger partial charge in [0.15, 0.2) is 0 Å². The molecule has 0 aliphatic heterocycles. The third-order valence-electron chi connectivity index (χ3n) is 5.15. The van der Waals surface area contributed by atoms with Crippen molar-refractivity contribution >= 4 is 17.3 Å². The van der Waals surface area contributed by atoms with Gasteiger partial charge >= 0.3 is 0 Å². The lowest BCUT2D eigenvalue weighted by molar-refractivity contribution is 0.370. The van der Waals surface area contributed by atoms with Gasteiger partial charge in [-0.3, -0.25) is 4.79 Å². The number of nitrogens with zero attached hydrogens (tertiary/aromatic N) is 5. The lowest BCUT2D eigenvalue weighted by Gasteiger charge is -2.02. The maximum absolute atomic E-state index is 13.0. The first-order valence-electron chi connectivity index (χ1n) is 9.74. The third-order valence-corrected chi connectivity index (χ3v) is 5.89. The van der Waals surface area contributed by atoms with Crippen LogP contribution in [0.25, 0.3) is 28.2 Å². The Morgan fingerprint density at radius 2 is 1.87 bits per heavy atom. The summed E-state index contributed by atoms with van der Waals surface area (Å²) in [6.07, 6.45) is 5.47. The predicted octanol–water partition coefficient (Wildman–Crippen LogP) is 4.29. The summed E-state index contributed by atoms with van der Waals surface area (Å²) in [5, 5.41) is 8.62. The van der Waals surface area contributed by atoms with Crippen molar-refractivity contribution in [1.82, 2.24) is 24.3 Å². The Morgan fingerprint density at radius 3 is 2.65 bits per heavy atom. The highest BCUT2D eigenvalue weighted by molar-refractivity contribution is 7.98. The highest BCUT2D eigenvalue weighted by Gasteiger charge is 2.13. The second kappa shape index (κ2) is 7.88. The van der Waals surface area contributed by atoms with E-state index in [4.69, 9.17) is 4.52 Å². The van der Waals surface area contributed by atoms with Gasteiger partial charge < -0.3 is 9.09 Å². The summed E-state index contributed by atoms with van der Waals surface area (Å²) >= 11 is 1.67. The Bertz CT molecular complexity index is 1430. The molecule has 0 N–H and O–H groups in total. The van der Waals surface area contributed by atoms with Gasteiger partial charge in [0.2, 0.25) is 11.7 Å². The molecule has 0 atom stereocenters. The number of benzene rings is 2. The minimum Gasteiger partial charge on any atom is -0.337 e. The summed E-state index contributed by atoms with van der Waals surface area (Å²) in [7, 11) is 0. The molecule has 0 radical (unpaired) electrons. The minimum absolute atomic E-state index is 0.168. The van der Waals surface area contributed by atoms with Crippen LogP contribution in [0.2, 0.25) is 0 Å². The fraction of sp³-hybridized carbons (Fsp3) is 0.130. The maximum Gasteiger partial charge on any atom is 0.277 e. The molecule has 3 aromatic heterocycles. The Kier molecular flexibility index (Phi) is 4.91. The van der Waals surface area contributed by atoms with E-state index in [9.17, 15) is 4.79 Å². The number of hydrogen-bond donors (Lipinski definition) is 0. The van der Waals surface area contributed by atoms with E-state index < -0.39 is 0 Å². The summed E-state index contributed by atoms with van der Waals surface area (Å²) in [4.78, 5) is 18.6. The van der Waals surface area contributed by atoms with E-state index >= 15 is 0 Å². The van der Waals surface area contributed by atoms with Crippen molar-refractivity contribution in [2.75, 3.05) is 6.26 Å². The van der Waals surface area contributed by atoms with Gasteiger partial charge in [-0.2, -0.15) is 10.1 Å². The maximum atomic E-state index is 13.0. The quantitative estimate of drug-likeness (QED) is 0.388. The number of fused-ring (bicyclic) bond motifs is 1. The van der Waals surface area contributed by atoms with E-state index in [1.165, 1.54) is 0 Å². The topological polar surface area (TPSA) is 78.2 Å². The Morgan fingerprint density at radius 1 is 1.06 bits per heavy atom. The monoisotopic (exact) mass is 429 g/mol.